The average Bonchev–Trinajstić information content (AvgIpc) is 2.27. The van der Waals surface area contributed by atoms with Crippen LogP contribution in [0.4, 0.5) is 0 Å². The molecule has 1 saturated heterocycles. The summed E-state index contributed by atoms with van der Waals surface area (Å²) >= 11 is 0. The van der Waals surface area contributed by atoms with Gasteiger partial charge in [0.05, 0.1) is 6.07 Å². The summed E-state index contributed by atoms with van der Waals surface area (Å²) in [5.41, 5.74) is 0. The molecule has 0 bridgehead atoms. The normalized spacial score (nSPS) is 21.9. The highest BCUT2D eigenvalue weighted by Gasteiger charge is 2.32. The maximum absolute atomic E-state index is 12.1. The van der Waals surface area contributed by atoms with Crippen molar-refractivity contribution < 1.29 is 8.42 Å². The minimum absolute atomic E-state index is 0.561. The zero-order chi connectivity index (χ0) is 12.3. The van der Waals surface area contributed by atoms with Gasteiger partial charge in [0.25, 0.3) is 10.2 Å². The van der Waals surface area contributed by atoms with E-state index in [1.165, 1.54) is 11.4 Å². The van der Waals surface area contributed by atoms with Gasteiger partial charge in [-0.25, -0.2) is 0 Å². The van der Waals surface area contributed by atoms with E-state index in [-0.39, 0.29) is 0 Å². The van der Waals surface area contributed by atoms with E-state index >= 15 is 0 Å². The van der Waals surface area contributed by atoms with Gasteiger partial charge in [0.15, 0.2) is 0 Å². The van der Waals surface area contributed by atoms with Gasteiger partial charge in [-0.1, -0.05) is 6.92 Å². The Hall–Kier alpha value is -0.640. The fourth-order valence-electron chi connectivity index (χ4n) is 1.68. The van der Waals surface area contributed by atoms with Crippen molar-refractivity contribution in [3.05, 3.63) is 0 Å². The summed E-state index contributed by atoms with van der Waals surface area (Å²) in [6, 6.07) is 1.32. The molecule has 0 spiro atoms. The molecule has 1 fully saturated rings. The molecule has 0 aliphatic carbocycles. The molecule has 1 heterocycles. The highest BCUT2D eigenvalue weighted by atomic mass is 32.2. The molecule has 0 aromatic rings. The van der Waals surface area contributed by atoms with Gasteiger partial charge in [0.2, 0.25) is 0 Å². The molecule has 0 radical (unpaired) electrons. The number of piperidine rings is 1. The summed E-state index contributed by atoms with van der Waals surface area (Å²) in [5.74, 6) is 0.588. The Labute approximate surface area is 97.8 Å². The molecule has 0 aromatic heterocycles. The van der Waals surface area contributed by atoms with Crippen LogP contribution in [0.5, 0.6) is 0 Å². The number of nitrogens with zero attached hydrogens (tertiary/aromatic N) is 3. The maximum atomic E-state index is 12.1. The first-order valence-electron chi connectivity index (χ1n) is 5.52. The Bertz CT molecular complexity index is 366. The lowest BCUT2D eigenvalue weighted by atomic mass is 10.0. The van der Waals surface area contributed by atoms with Crippen molar-refractivity contribution in [3.8, 4) is 6.07 Å². The summed E-state index contributed by atoms with van der Waals surface area (Å²) in [4.78, 5) is 0. The van der Waals surface area contributed by atoms with Crippen LogP contribution in [0.2, 0.25) is 0 Å². The topological polar surface area (TPSA) is 64.4 Å². The van der Waals surface area contributed by atoms with Crippen LogP contribution in [0.15, 0.2) is 0 Å². The zero-order valence-corrected chi connectivity index (χ0v) is 10.9. The average molecular weight is 245 g/mol. The first-order valence-corrected chi connectivity index (χ1v) is 6.92. The van der Waals surface area contributed by atoms with Crippen molar-refractivity contribution in [2.45, 2.75) is 32.7 Å². The standard InChI is InChI=1S/C10H19N3O2S/c1-9-4-6-13(7-5-9)16(14,15)12(3)10(2)8-11/h9-10H,4-7H2,1-3H3. The van der Waals surface area contributed by atoms with Gasteiger partial charge in [0.1, 0.15) is 6.04 Å². The summed E-state index contributed by atoms with van der Waals surface area (Å²) in [6.07, 6.45) is 1.79. The number of nitriles is 1. The van der Waals surface area contributed by atoms with Crippen LogP contribution in [-0.2, 0) is 10.2 Å². The molecule has 0 saturated carbocycles. The molecule has 0 aromatic carbocycles. The highest BCUT2D eigenvalue weighted by Crippen LogP contribution is 2.20. The van der Waals surface area contributed by atoms with Gasteiger partial charge in [-0.05, 0) is 25.7 Å². The fourth-order valence-corrected chi connectivity index (χ4v) is 3.16. The lowest BCUT2D eigenvalue weighted by molar-refractivity contribution is 0.267. The molecule has 6 heteroatoms. The van der Waals surface area contributed by atoms with Crippen LogP contribution in [0.25, 0.3) is 0 Å². The third-order valence-corrected chi connectivity index (χ3v) is 5.23. The quantitative estimate of drug-likeness (QED) is 0.739. The first-order chi connectivity index (χ1) is 7.39. The largest absolute Gasteiger partial charge is 0.282 e. The minimum Gasteiger partial charge on any atom is -0.197 e. The molecule has 1 aliphatic rings. The second-order valence-corrected chi connectivity index (χ2v) is 6.40. The van der Waals surface area contributed by atoms with Crippen molar-refractivity contribution in [2.75, 3.05) is 20.1 Å². The molecule has 1 rings (SSSR count). The van der Waals surface area contributed by atoms with Crippen LogP contribution in [-0.4, -0.2) is 43.2 Å². The predicted molar refractivity (Wildman–Crippen MR) is 61.7 cm³/mol. The van der Waals surface area contributed by atoms with Crippen molar-refractivity contribution >= 4 is 10.2 Å². The van der Waals surface area contributed by atoms with E-state index in [9.17, 15) is 8.42 Å². The molecular formula is C10H19N3O2S. The van der Waals surface area contributed by atoms with Gasteiger partial charge >= 0.3 is 0 Å². The molecule has 92 valence electrons. The maximum Gasteiger partial charge on any atom is 0.282 e. The molecule has 16 heavy (non-hydrogen) atoms. The van der Waals surface area contributed by atoms with E-state index in [1.807, 2.05) is 6.07 Å². The van der Waals surface area contributed by atoms with Crippen molar-refractivity contribution in [1.29, 1.82) is 5.26 Å². The molecule has 5 nitrogen and oxygen atoms in total. The Kier molecular flexibility index (Phi) is 4.30. The Morgan fingerprint density at radius 3 is 2.38 bits per heavy atom. The Morgan fingerprint density at radius 2 is 1.94 bits per heavy atom. The zero-order valence-electron chi connectivity index (χ0n) is 10.0. The van der Waals surface area contributed by atoms with Crippen LogP contribution >= 0.6 is 0 Å². The van der Waals surface area contributed by atoms with Crippen LogP contribution in [0, 0.1) is 17.2 Å². The van der Waals surface area contributed by atoms with Crippen LogP contribution in [0.3, 0.4) is 0 Å². The fraction of sp³-hybridized carbons (Fsp3) is 0.900. The smallest absolute Gasteiger partial charge is 0.197 e. The third-order valence-electron chi connectivity index (χ3n) is 3.17. The molecular weight excluding hydrogens is 226 g/mol. The van der Waals surface area contributed by atoms with E-state index in [2.05, 4.69) is 6.92 Å². The molecule has 0 amide bonds. The number of rotatable bonds is 3. The Balaban J connectivity index is 2.75. The SMILES string of the molecule is CC1CCN(S(=O)(=O)N(C)C(C)C#N)CC1. The van der Waals surface area contributed by atoms with E-state index in [4.69, 9.17) is 5.26 Å². The van der Waals surface area contributed by atoms with Gasteiger partial charge < -0.3 is 0 Å². The van der Waals surface area contributed by atoms with Crippen LogP contribution in [0.1, 0.15) is 26.7 Å². The van der Waals surface area contributed by atoms with Gasteiger partial charge in [-0.3, -0.25) is 0 Å². The predicted octanol–water partition coefficient (Wildman–Crippen LogP) is 0.807. The van der Waals surface area contributed by atoms with Crippen LogP contribution < -0.4 is 0 Å². The van der Waals surface area contributed by atoms with Gasteiger partial charge in [-0.2, -0.15) is 22.3 Å². The second-order valence-electron chi connectivity index (χ2n) is 4.41. The Morgan fingerprint density at radius 1 is 1.44 bits per heavy atom. The van der Waals surface area contributed by atoms with Crippen molar-refractivity contribution in [3.63, 3.8) is 0 Å². The molecule has 1 atom stereocenters. The second kappa shape index (κ2) is 5.13. The number of hydrogen-bond acceptors (Lipinski definition) is 3. The van der Waals surface area contributed by atoms with Crippen molar-refractivity contribution in [1.82, 2.24) is 8.61 Å². The number of hydrogen-bond donors (Lipinski definition) is 0. The summed E-state index contributed by atoms with van der Waals surface area (Å²) in [7, 11) is -1.99. The van der Waals surface area contributed by atoms with E-state index in [0.717, 1.165) is 17.1 Å². The summed E-state index contributed by atoms with van der Waals surface area (Å²) < 4.78 is 26.8. The van der Waals surface area contributed by atoms with E-state index in [0.29, 0.717) is 19.0 Å². The molecule has 1 unspecified atom stereocenters. The van der Waals surface area contributed by atoms with Gasteiger partial charge in [-0.15, -0.1) is 0 Å². The lowest BCUT2D eigenvalue weighted by Crippen LogP contribution is -2.47. The molecule has 0 N–H and O–H groups in total. The summed E-state index contributed by atoms with van der Waals surface area (Å²) in [5, 5.41) is 8.73. The summed E-state index contributed by atoms with van der Waals surface area (Å²) in [6.45, 7) is 4.84. The van der Waals surface area contributed by atoms with E-state index < -0.39 is 16.3 Å². The minimum atomic E-state index is -3.45. The monoisotopic (exact) mass is 245 g/mol. The first kappa shape index (κ1) is 13.4. The highest BCUT2D eigenvalue weighted by molar-refractivity contribution is 7.86. The van der Waals surface area contributed by atoms with Gasteiger partial charge in [0, 0.05) is 20.1 Å². The van der Waals surface area contributed by atoms with Crippen molar-refractivity contribution in [2.24, 2.45) is 5.92 Å². The lowest BCUT2D eigenvalue weighted by Gasteiger charge is -2.33. The van der Waals surface area contributed by atoms with E-state index in [1.54, 1.807) is 6.92 Å². The molecule has 1 aliphatic heterocycles. The third kappa shape index (κ3) is 2.73.